The normalized spacial score (nSPS) is 10.7. The number of nitrogens with one attached hydrogen (secondary N) is 2. The molecule has 0 saturated heterocycles. The second-order valence-electron chi connectivity index (χ2n) is 6.23. The minimum Gasteiger partial charge on any atom is -0.334 e. The maximum absolute atomic E-state index is 12.2. The van der Waals surface area contributed by atoms with Crippen LogP contribution >= 0.6 is 0 Å². The van der Waals surface area contributed by atoms with E-state index in [-0.39, 0.29) is 6.03 Å². The molecule has 2 heterocycles. The van der Waals surface area contributed by atoms with E-state index in [2.05, 4.69) is 20.7 Å². The molecule has 2 aromatic carbocycles. The predicted molar refractivity (Wildman–Crippen MR) is 106 cm³/mol. The summed E-state index contributed by atoms with van der Waals surface area (Å²) in [6.45, 7) is 2.48. The SMILES string of the molecule is Cc1c2ccc(NC(=O)NCc3ccncc3)cc2nn1-c1ccccc1. The van der Waals surface area contributed by atoms with Crippen LogP contribution in [0.3, 0.4) is 0 Å². The highest BCUT2D eigenvalue weighted by Crippen LogP contribution is 2.24. The van der Waals surface area contributed by atoms with Gasteiger partial charge in [-0.15, -0.1) is 0 Å². The number of urea groups is 1. The quantitative estimate of drug-likeness (QED) is 0.579. The number of pyridine rings is 1. The van der Waals surface area contributed by atoms with Crippen LogP contribution in [0.4, 0.5) is 10.5 Å². The summed E-state index contributed by atoms with van der Waals surface area (Å²) in [7, 11) is 0. The fourth-order valence-corrected chi connectivity index (χ4v) is 2.97. The number of nitrogens with zero attached hydrogens (tertiary/aromatic N) is 3. The van der Waals surface area contributed by atoms with Gasteiger partial charge in [0.05, 0.1) is 11.2 Å². The predicted octanol–water partition coefficient (Wildman–Crippen LogP) is 4.05. The zero-order chi connectivity index (χ0) is 18.6. The van der Waals surface area contributed by atoms with E-state index in [0.29, 0.717) is 12.2 Å². The Morgan fingerprint density at radius 1 is 1.04 bits per heavy atom. The molecular weight excluding hydrogens is 338 g/mol. The average molecular weight is 357 g/mol. The minimum absolute atomic E-state index is 0.259. The molecule has 0 atom stereocenters. The van der Waals surface area contributed by atoms with Crippen molar-refractivity contribution in [3.8, 4) is 5.69 Å². The first-order chi connectivity index (χ1) is 13.2. The number of hydrogen-bond acceptors (Lipinski definition) is 3. The fourth-order valence-electron chi connectivity index (χ4n) is 2.97. The van der Waals surface area contributed by atoms with E-state index in [4.69, 9.17) is 0 Å². The molecule has 4 aromatic rings. The van der Waals surface area contributed by atoms with E-state index in [0.717, 1.165) is 27.8 Å². The molecule has 2 aromatic heterocycles. The van der Waals surface area contributed by atoms with Crippen LogP contribution in [-0.2, 0) is 6.54 Å². The number of anilines is 1. The van der Waals surface area contributed by atoms with E-state index < -0.39 is 0 Å². The summed E-state index contributed by atoms with van der Waals surface area (Å²) in [4.78, 5) is 16.1. The Morgan fingerprint density at radius 2 is 1.81 bits per heavy atom. The lowest BCUT2D eigenvalue weighted by Crippen LogP contribution is -2.28. The molecule has 27 heavy (non-hydrogen) atoms. The van der Waals surface area contributed by atoms with Gasteiger partial charge < -0.3 is 10.6 Å². The van der Waals surface area contributed by atoms with Gasteiger partial charge in [0, 0.05) is 35.7 Å². The third-order valence-corrected chi connectivity index (χ3v) is 4.37. The lowest BCUT2D eigenvalue weighted by molar-refractivity contribution is 0.251. The summed E-state index contributed by atoms with van der Waals surface area (Å²) >= 11 is 0. The van der Waals surface area contributed by atoms with E-state index in [9.17, 15) is 4.79 Å². The summed E-state index contributed by atoms with van der Waals surface area (Å²) in [6.07, 6.45) is 3.41. The first-order valence-electron chi connectivity index (χ1n) is 8.69. The van der Waals surface area contributed by atoms with Gasteiger partial charge >= 0.3 is 6.03 Å². The minimum atomic E-state index is -0.259. The van der Waals surface area contributed by atoms with Crippen molar-refractivity contribution in [1.82, 2.24) is 20.1 Å². The van der Waals surface area contributed by atoms with E-state index in [1.165, 1.54) is 0 Å². The largest absolute Gasteiger partial charge is 0.334 e. The lowest BCUT2D eigenvalue weighted by atomic mass is 10.2. The highest BCUT2D eigenvalue weighted by atomic mass is 16.2. The number of rotatable bonds is 4. The number of para-hydroxylation sites is 1. The first-order valence-corrected chi connectivity index (χ1v) is 8.69. The Bertz CT molecular complexity index is 1070. The second-order valence-corrected chi connectivity index (χ2v) is 6.23. The standard InChI is InChI=1S/C21H19N5O/c1-15-19-8-7-17(24-21(27)23-14-16-9-11-22-12-10-16)13-20(19)25-26(15)18-5-3-2-4-6-18/h2-13H,14H2,1H3,(H2,23,24,27). The molecule has 6 nitrogen and oxygen atoms in total. The van der Waals surface area contributed by atoms with Crippen molar-refractivity contribution in [1.29, 1.82) is 0 Å². The number of aromatic nitrogens is 3. The maximum Gasteiger partial charge on any atom is 0.319 e. The highest BCUT2D eigenvalue weighted by Gasteiger charge is 2.10. The zero-order valence-electron chi connectivity index (χ0n) is 14.9. The molecule has 6 heteroatoms. The molecule has 134 valence electrons. The number of fused-ring (bicyclic) bond motifs is 1. The van der Waals surface area contributed by atoms with Gasteiger partial charge in [0.1, 0.15) is 0 Å². The zero-order valence-corrected chi connectivity index (χ0v) is 14.9. The molecule has 4 rings (SSSR count). The Morgan fingerprint density at radius 3 is 2.59 bits per heavy atom. The fraction of sp³-hybridized carbons (Fsp3) is 0.0952. The molecule has 0 aliphatic heterocycles. The topological polar surface area (TPSA) is 71.8 Å². The third-order valence-electron chi connectivity index (χ3n) is 4.37. The van der Waals surface area contributed by atoms with Gasteiger partial charge in [0.2, 0.25) is 0 Å². The van der Waals surface area contributed by atoms with Crippen molar-refractivity contribution in [3.05, 3.63) is 84.3 Å². The van der Waals surface area contributed by atoms with Gasteiger partial charge in [-0.3, -0.25) is 4.98 Å². The van der Waals surface area contributed by atoms with Crippen LogP contribution in [0.1, 0.15) is 11.3 Å². The van der Waals surface area contributed by atoms with Crippen LogP contribution in [0.25, 0.3) is 16.6 Å². The second kappa shape index (κ2) is 7.29. The monoisotopic (exact) mass is 357 g/mol. The van der Waals surface area contributed by atoms with Crippen LogP contribution in [-0.4, -0.2) is 20.8 Å². The molecule has 0 spiro atoms. The van der Waals surface area contributed by atoms with Gasteiger partial charge in [0.15, 0.2) is 0 Å². The van der Waals surface area contributed by atoms with Crippen LogP contribution in [0.2, 0.25) is 0 Å². The molecule has 2 N–H and O–H groups in total. The van der Waals surface area contributed by atoms with Crippen LogP contribution in [0.5, 0.6) is 0 Å². The molecule has 0 unspecified atom stereocenters. The summed E-state index contributed by atoms with van der Waals surface area (Å²) in [5.41, 5.74) is 4.60. The number of amides is 2. The van der Waals surface area contributed by atoms with Gasteiger partial charge in [-0.25, -0.2) is 9.48 Å². The van der Waals surface area contributed by atoms with Crippen LogP contribution in [0, 0.1) is 6.92 Å². The Labute approximate surface area is 156 Å². The molecular formula is C21H19N5O. The molecule has 0 bridgehead atoms. The summed E-state index contributed by atoms with van der Waals surface area (Å²) in [5.74, 6) is 0. The van der Waals surface area contributed by atoms with Crippen molar-refractivity contribution >= 4 is 22.6 Å². The molecule has 2 amide bonds. The molecule has 0 radical (unpaired) electrons. The number of benzene rings is 2. The van der Waals surface area contributed by atoms with Crippen LogP contribution < -0.4 is 10.6 Å². The molecule has 0 aliphatic rings. The van der Waals surface area contributed by atoms with Crippen molar-refractivity contribution in [2.24, 2.45) is 0 Å². The summed E-state index contributed by atoms with van der Waals surface area (Å²) in [6, 6.07) is 19.2. The number of aryl methyl sites for hydroxylation is 1. The van der Waals surface area contributed by atoms with Gasteiger partial charge in [-0.2, -0.15) is 5.10 Å². The van der Waals surface area contributed by atoms with E-state index in [1.54, 1.807) is 12.4 Å². The maximum atomic E-state index is 12.2. The number of carbonyl (C=O) groups excluding carboxylic acids is 1. The van der Waals surface area contributed by atoms with Crippen molar-refractivity contribution in [2.45, 2.75) is 13.5 Å². The number of carbonyl (C=O) groups is 1. The first kappa shape index (κ1) is 16.8. The lowest BCUT2D eigenvalue weighted by Gasteiger charge is -2.07. The van der Waals surface area contributed by atoms with Gasteiger partial charge in [0.25, 0.3) is 0 Å². The van der Waals surface area contributed by atoms with E-state index in [1.807, 2.05) is 72.3 Å². The average Bonchev–Trinajstić information content (AvgIpc) is 3.04. The summed E-state index contributed by atoms with van der Waals surface area (Å²) in [5, 5.41) is 11.4. The smallest absolute Gasteiger partial charge is 0.319 e. The van der Waals surface area contributed by atoms with Crippen molar-refractivity contribution in [3.63, 3.8) is 0 Å². The van der Waals surface area contributed by atoms with E-state index >= 15 is 0 Å². The molecule has 0 saturated carbocycles. The molecule has 0 aliphatic carbocycles. The Kier molecular flexibility index (Phi) is 4.53. The van der Waals surface area contributed by atoms with Crippen molar-refractivity contribution in [2.75, 3.05) is 5.32 Å². The number of hydrogen-bond donors (Lipinski definition) is 2. The van der Waals surface area contributed by atoms with Gasteiger partial charge in [-0.05, 0) is 55.0 Å². The Balaban J connectivity index is 1.51. The Hall–Kier alpha value is -3.67. The summed E-state index contributed by atoms with van der Waals surface area (Å²) < 4.78 is 1.91. The highest BCUT2D eigenvalue weighted by molar-refractivity contribution is 5.93. The molecule has 0 fully saturated rings. The van der Waals surface area contributed by atoms with Crippen LogP contribution in [0.15, 0.2) is 73.1 Å². The van der Waals surface area contributed by atoms with Gasteiger partial charge in [-0.1, -0.05) is 18.2 Å². The van der Waals surface area contributed by atoms with Crippen molar-refractivity contribution < 1.29 is 4.79 Å². The third kappa shape index (κ3) is 3.64.